The molecule has 2 aliphatic rings. The van der Waals surface area contributed by atoms with Gasteiger partial charge in [0.1, 0.15) is 10.8 Å². The summed E-state index contributed by atoms with van der Waals surface area (Å²) in [4.78, 5) is 18.5. The molecule has 1 aliphatic heterocycles. The minimum Gasteiger partial charge on any atom is -0.333 e. The lowest BCUT2D eigenvalue weighted by Gasteiger charge is -2.21. The predicted molar refractivity (Wildman–Crippen MR) is 127 cm³/mol. The second kappa shape index (κ2) is 9.90. The molecule has 5 rings (SSSR count). The first-order valence-electron chi connectivity index (χ1n) is 11.4. The third kappa shape index (κ3) is 4.98. The highest BCUT2D eigenvalue weighted by atomic mass is 32.1. The van der Waals surface area contributed by atoms with Crippen LogP contribution in [-0.4, -0.2) is 22.3 Å². The van der Waals surface area contributed by atoms with Gasteiger partial charge in [-0.15, -0.1) is 11.3 Å². The van der Waals surface area contributed by atoms with E-state index in [-0.39, 0.29) is 17.8 Å². The Hall–Kier alpha value is -2.27. The van der Waals surface area contributed by atoms with Gasteiger partial charge in [0.25, 0.3) is 0 Å². The van der Waals surface area contributed by atoms with E-state index in [2.05, 4.69) is 6.92 Å². The highest BCUT2D eigenvalue weighted by molar-refractivity contribution is 7.10. The second-order valence-electron chi connectivity index (χ2n) is 8.83. The number of aromatic nitrogens is 1. The van der Waals surface area contributed by atoms with Crippen LogP contribution in [0.4, 0.5) is 4.39 Å². The molecule has 1 saturated carbocycles. The molecule has 0 radical (unpaired) electrons. The largest absolute Gasteiger partial charge is 0.333 e. The molecule has 0 bridgehead atoms. The number of fused-ring (bicyclic) bond motifs is 1. The molecule has 1 atom stereocenters. The van der Waals surface area contributed by atoms with Crippen LogP contribution in [0.3, 0.4) is 0 Å². The van der Waals surface area contributed by atoms with Crippen LogP contribution in [0.1, 0.15) is 69.8 Å². The van der Waals surface area contributed by atoms with Crippen LogP contribution in [0.2, 0.25) is 0 Å². The van der Waals surface area contributed by atoms with E-state index in [0.717, 1.165) is 47.0 Å². The summed E-state index contributed by atoms with van der Waals surface area (Å²) in [6.07, 6.45) is 9.40. The Bertz CT molecular complexity index is 1040. The SMILES string of the molecule is CC(=O)N1CCC[C@H]1c1nc(-c2ccc(F)c3ccccc23)cs1.CC1CCCCC1. The van der Waals surface area contributed by atoms with E-state index < -0.39 is 0 Å². The summed E-state index contributed by atoms with van der Waals surface area (Å²) < 4.78 is 14.0. The standard InChI is InChI=1S/C19H17FN2OS.C7H14/c1-12(23)22-10-4-7-18(22)19-21-17(11-24-19)15-8-9-16(20)14-6-3-2-5-13(14)15;1-7-5-3-2-4-6-7/h2-3,5-6,8-9,11,18H,4,7,10H2,1H3;7H,2-6H2,1H3/t18-;/m0./s1. The van der Waals surface area contributed by atoms with Crippen molar-refractivity contribution in [3.63, 3.8) is 0 Å². The van der Waals surface area contributed by atoms with Crippen molar-refractivity contribution in [2.24, 2.45) is 5.92 Å². The number of carbonyl (C=O) groups excluding carboxylic acids is 1. The van der Waals surface area contributed by atoms with Gasteiger partial charge in [0.2, 0.25) is 5.91 Å². The lowest BCUT2D eigenvalue weighted by atomic mass is 9.91. The molecule has 0 spiro atoms. The molecule has 3 aromatic rings. The fraction of sp³-hybridized carbons (Fsp3) is 0.462. The maximum atomic E-state index is 14.0. The van der Waals surface area contributed by atoms with Crippen molar-refractivity contribution < 1.29 is 9.18 Å². The summed E-state index contributed by atoms with van der Waals surface area (Å²) >= 11 is 1.58. The van der Waals surface area contributed by atoms with Gasteiger partial charge in [-0.05, 0) is 36.3 Å². The average Bonchev–Trinajstić information content (AvgIpc) is 3.45. The van der Waals surface area contributed by atoms with E-state index in [0.29, 0.717) is 5.39 Å². The van der Waals surface area contributed by atoms with E-state index in [9.17, 15) is 9.18 Å². The van der Waals surface area contributed by atoms with Gasteiger partial charge in [0.15, 0.2) is 0 Å². The van der Waals surface area contributed by atoms with Crippen LogP contribution in [-0.2, 0) is 4.79 Å². The Kier molecular flexibility index (Phi) is 7.01. The molecule has 1 aromatic heterocycles. The Labute approximate surface area is 188 Å². The first-order chi connectivity index (χ1) is 15.0. The molecular weight excluding hydrogens is 407 g/mol. The maximum absolute atomic E-state index is 14.0. The van der Waals surface area contributed by atoms with Crippen molar-refractivity contribution in [2.45, 2.75) is 64.8 Å². The zero-order valence-corrected chi connectivity index (χ0v) is 19.3. The summed E-state index contributed by atoms with van der Waals surface area (Å²) in [7, 11) is 0. The number of hydrogen-bond acceptors (Lipinski definition) is 3. The maximum Gasteiger partial charge on any atom is 0.220 e. The number of thiazole rings is 1. The van der Waals surface area contributed by atoms with E-state index in [1.165, 1.54) is 38.2 Å². The monoisotopic (exact) mass is 438 g/mol. The van der Waals surface area contributed by atoms with Crippen molar-refractivity contribution in [1.82, 2.24) is 9.88 Å². The summed E-state index contributed by atoms with van der Waals surface area (Å²) in [5.74, 6) is 0.915. The molecular formula is C26H31FN2OS. The van der Waals surface area contributed by atoms with Crippen LogP contribution < -0.4 is 0 Å². The van der Waals surface area contributed by atoms with Gasteiger partial charge in [-0.1, -0.05) is 63.3 Å². The summed E-state index contributed by atoms with van der Waals surface area (Å²) in [5.41, 5.74) is 1.78. The fourth-order valence-electron chi connectivity index (χ4n) is 4.76. The topological polar surface area (TPSA) is 33.2 Å². The number of halogens is 1. The smallest absolute Gasteiger partial charge is 0.220 e. The van der Waals surface area contributed by atoms with Gasteiger partial charge < -0.3 is 4.90 Å². The number of amides is 1. The molecule has 0 unspecified atom stereocenters. The number of benzene rings is 2. The fourth-order valence-corrected chi connectivity index (χ4v) is 5.72. The van der Waals surface area contributed by atoms with Crippen LogP contribution in [0.15, 0.2) is 41.8 Å². The molecule has 2 heterocycles. The normalized spacial score (nSPS) is 19.3. The summed E-state index contributed by atoms with van der Waals surface area (Å²) in [6, 6.07) is 10.8. The highest BCUT2D eigenvalue weighted by Gasteiger charge is 2.30. The third-order valence-corrected chi connectivity index (χ3v) is 7.45. The van der Waals surface area contributed by atoms with E-state index in [4.69, 9.17) is 4.98 Å². The second-order valence-corrected chi connectivity index (χ2v) is 9.71. The van der Waals surface area contributed by atoms with Crippen molar-refractivity contribution in [3.05, 3.63) is 52.6 Å². The van der Waals surface area contributed by atoms with Crippen LogP contribution in [0, 0.1) is 11.7 Å². The molecule has 1 saturated heterocycles. The molecule has 2 fully saturated rings. The van der Waals surface area contributed by atoms with Gasteiger partial charge in [0, 0.05) is 29.8 Å². The highest BCUT2D eigenvalue weighted by Crippen LogP contribution is 2.37. The molecule has 164 valence electrons. The summed E-state index contributed by atoms with van der Waals surface area (Å²) in [6.45, 7) is 4.77. The predicted octanol–water partition coefficient (Wildman–Crippen LogP) is 7.37. The van der Waals surface area contributed by atoms with Crippen molar-refractivity contribution in [3.8, 4) is 11.3 Å². The van der Waals surface area contributed by atoms with Gasteiger partial charge in [-0.2, -0.15) is 0 Å². The molecule has 2 aromatic carbocycles. The van der Waals surface area contributed by atoms with Crippen molar-refractivity contribution >= 4 is 28.0 Å². The molecule has 31 heavy (non-hydrogen) atoms. The van der Waals surface area contributed by atoms with E-state index >= 15 is 0 Å². The van der Waals surface area contributed by atoms with E-state index in [1.54, 1.807) is 30.4 Å². The Morgan fingerprint density at radius 1 is 1.03 bits per heavy atom. The average molecular weight is 439 g/mol. The van der Waals surface area contributed by atoms with Gasteiger partial charge in [0.05, 0.1) is 11.7 Å². The summed E-state index contributed by atoms with van der Waals surface area (Å²) in [5, 5.41) is 4.44. The lowest BCUT2D eigenvalue weighted by Crippen LogP contribution is -2.27. The van der Waals surface area contributed by atoms with Crippen molar-refractivity contribution in [1.29, 1.82) is 0 Å². The lowest BCUT2D eigenvalue weighted by molar-refractivity contribution is -0.129. The minimum atomic E-state index is -0.219. The molecule has 3 nitrogen and oxygen atoms in total. The first-order valence-corrected chi connectivity index (χ1v) is 12.3. The Morgan fingerprint density at radius 2 is 1.77 bits per heavy atom. The Morgan fingerprint density at radius 3 is 2.45 bits per heavy atom. The van der Waals surface area contributed by atoms with Crippen molar-refractivity contribution in [2.75, 3.05) is 6.54 Å². The Balaban J connectivity index is 0.000000282. The number of nitrogens with zero attached hydrogens (tertiary/aromatic N) is 2. The molecule has 1 amide bonds. The van der Waals surface area contributed by atoms with E-state index in [1.807, 2.05) is 28.5 Å². The molecule has 5 heteroatoms. The third-order valence-electron chi connectivity index (χ3n) is 6.50. The molecule has 1 aliphatic carbocycles. The number of carbonyl (C=O) groups is 1. The van der Waals surface area contributed by atoms with Crippen LogP contribution in [0.5, 0.6) is 0 Å². The van der Waals surface area contributed by atoms with Gasteiger partial charge in [-0.25, -0.2) is 9.37 Å². The minimum absolute atomic E-state index is 0.0768. The number of rotatable bonds is 2. The van der Waals surface area contributed by atoms with Crippen LogP contribution in [0.25, 0.3) is 22.0 Å². The van der Waals surface area contributed by atoms with Gasteiger partial charge >= 0.3 is 0 Å². The first kappa shape index (κ1) is 21.9. The zero-order chi connectivity index (χ0) is 21.8. The van der Waals surface area contributed by atoms with Crippen LogP contribution >= 0.6 is 11.3 Å². The zero-order valence-electron chi connectivity index (χ0n) is 18.4. The molecule has 0 N–H and O–H groups in total. The number of hydrogen-bond donors (Lipinski definition) is 0. The van der Waals surface area contributed by atoms with Gasteiger partial charge in [-0.3, -0.25) is 4.79 Å². The number of likely N-dealkylation sites (tertiary alicyclic amines) is 1. The quantitative estimate of drug-likeness (QED) is 0.418.